The molecule has 1 amide bonds. The number of nitrogens with one attached hydrogen (secondary N) is 1. The number of carbonyl (C=O) groups is 4. The van der Waals surface area contributed by atoms with Crippen molar-refractivity contribution in [3.63, 3.8) is 0 Å². The molecule has 32 heavy (non-hydrogen) atoms. The van der Waals surface area contributed by atoms with Crippen LogP contribution < -0.4 is 5.32 Å². The zero-order valence-electron chi connectivity index (χ0n) is 16.6. The number of aliphatic carboxylic acids is 1. The minimum absolute atomic E-state index is 0.0708. The maximum absolute atomic E-state index is 12.9. The molecule has 0 aliphatic heterocycles. The number of anilines is 1. The van der Waals surface area contributed by atoms with Crippen LogP contribution in [0.5, 0.6) is 0 Å². The van der Waals surface area contributed by atoms with E-state index < -0.39 is 36.0 Å². The highest BCUT2D eigenvalue weighted by Gasteiger charge is 2.41. The lowest BCUT2D eigenvalue weighted by Gasteiger charge is -2.23. The maximum atomic E-state index is 12.9. The summed E-state index contributed by atoms with van der Waals surface area (Å²) in [5.41, 5.74) is 0.443. The summed E-state index contributed by atoms with van der Waals surface area (Å²) in [6.07, 6.45) is -1.26. The van der Waals surface area contributed by atoms with Crippen LogP contribution in [0.3, 0.4) is 0 Å². The molecule has 0 saturated heterocycles. The number of nitrogens with zero attached hydrogens (tertiary/aromatic N) is 1. The Hall–Kier alpha value is -4.53. The average Bonchev–Trinajstić information content (AvgIpc) is 2.82. The Labute approximate surface area is 182 Å². The summed E-state index contributed by atoms with van der Waals surface area (Å²) >= 11 is 0. The van der Waals surface area contributed by atoms with Gasteiger partial charge in [0, 0.05) is 18.1 Å². The smallest absolute Gasteiger partial charge is 0.349 e. The third-order valence-corrected chi connectivity index (χ3v) is 4.21. The summed E-state index contributed by atoms with van der Waals surface area (Å²) in [5.74, 6) is -4.60. The second-order valence-electron chi connectivity index (χ2n) is 6.45. The summed E-state index contributed by atoms with van der Waals surface area (Å²) in [5, 5.41) is 12.1. The van der Waals surface area contributed by atoms with Gasteiger partial charge in [0.05, 0.1) is 11.1 Å². The summed E-state index contributed by atoms with van der Waals surface area (Å²) in [4.78, 5) is 53.6. The fourth-order valence-corrected chi connectivity index (χ4v) is 2.66. The van der Waals surface area contributed by atoms with Crippen molar-refractivity contribution < 1.29 is 33.8 Å². The predicted molar refractivity (Wildman–Crippen MR) is 112 cm³/mol. The van der Waals surface area contributed by atoms with E-state index >= 15 is 0 Å². The largest absolute Gasteiger partial charge is 0.478 e. The Balaban J connectivity index is 1.88. The molecule has 0 aliphatic rings. The predicted octanol–water partition coefficient (Wildman–Crippen LogP) is 2.56. The number of carboxylic acid groups (broad SMARTS) is 1. The molecule has 2 N–H and O–H groups in total. The standard InChI is InChI=1S/C23H18N2O7/c26-20(25-17-11-13-24-14-12-17)18(31-22(29)15-7-3-1-4-8-15)19(21(27)28)32-23(30)16-9-5-2-6-10-16/h1-14,18-19H,(H,27,28)(H,24,25,26). The minimum Gasteiger partial charge on any atom is -0.478 e. The summed E-state index contributed by atoms with van der Waals surface area (Å²) in [7, 11) is 0. The lowest BCUT2D eigenvalue weighted by atomic mass is 10.1. The fourth-order valence-electron chi connectivity index (χ4n) is 2.66. The third-order valence-electron chi connectivity index (χ3n) is 4.21. The van der Waals surface area contributed by atoms with E-state index in [9.17, 15) is 24.3 Å². The summed E-state index contributed by atoms with van der Waals surface area (Å²) < 4.78 is 10.3. The monoisotopic (exact) mass is 434 g/mol. The molecular formula is C23H18N2O7. The molecule has 0 spiro atoms. The molecule has 0 saturated carbocycles. The molecule has 2 aromatic carbocycles. The van der Waals surface area contributed by atoms with Crippen molar-refractivity contribution in [2.24, 2.45) is 0 Å². The number of esters is 2. The molecule has 0 fully saturated rings. The fraction of sp³-hybridized carbons (Fsp3) is 0.0870. The molecule has 9 nitrogen and oxygen atoms in total. The minimum atomic E-state index is -2.10. The molecule has 0 aliphatic carbocycles. The number of benzene rings is 2. The highest BCUT2D eigenvalue weighted by atomic mass is 16.6. The van der Waals surface area contributed by atoms with E-state index in [1.54, 1.807) is 36.4 Å². The van der Waals surface area contributed by atoms with Crippen LogP contribution in [0.15, 0.2) is 85.2 Å². The van der Waals surface area contributed by atoms with Crippen molar-refractivity contribution in [2.75, 3.05) is 5.32 Å². The van der Waals surface area contributed by atoms with Gasteiger partial charge in [-0.3, -0.25) is 9.78 Å². The van der Waals surface area contributed by atoms with Gasteiger partial charge in [-0.05, 0) is 36.4 Å². The van der Waals surface area contributed by atoms with Gasteiger partial charge in [-0.1, -0.05) is 36.4 Å². The molecule has 9 heteroatoms. The van der Waals surface area contributed by atoms with Crippen LogP contribution in [0.1, 0.15) is 20.7 Å². The highest BCUT2D eigenvalue weighted by molar-refractivity contribution is 6.01. The van der Waals surface area contributed by atoms with E-state index in [2.05, 4.69) is 10.3 Å². The average molecular weight is 434 g/mol. The number of aromatic nitrogens is 1. The van der Waals surface area contributed by atoms with Crippen LogP contribution in [0, 0.1) is 0 Å². The Morgan fingerprint density at radius 1 is 0.719 bits per heavy atom. The van der Waals surface area contributed by atoms with E-state index in [0.29, 0.717) is 0 Å². The maximum Gasteiger partial charge on any atom is 0.349 e. The number of hydrogen-bond acceptors (Lipinski definition) is 7. The molecule has 3 aromatic rings. The van der Waals surface area contributed by atoms with Gasteiger partial charge in [-0.2, -0.15) is 0 Å². The molecule has 2 unspecified atom stereocenters. The van der Waals surface area contributed by atoms with Crippen molar-refractivity contribution in [1.82, 2.24) is 4.98 Å². The molecule has 1 heterocycles. The number of rotatable bonds is 8. The lowest BCUT2D eigenvalue weighted by molar-refractivity contribution is -0.157. The first-order valence-electron chi connectivity index (χ1n) is 9.41. The molecule has 0 radical (unpaired) electrons. The first kappa shape index (κ1) is 22.2. The Kier molecular flexibility index (Phi) is 7.26. The molecule has 162 valence electrons. The quantitative estimate of drug-likeness (QED) is 0.517. The van der Waals surface area contributed by atoms with Crippen LogP contribution in [0.25, 0.3) is 0 Å². The Morgan fingerprint density at radius 2 is 1.19 bits per heavy atom. The normalized spacial score (nSPS) is 12.1. The SMILES string of the molecule is O=C(OC(C(=O)O)C(OC(=O)c1ccccc1)C(=O)Nc1ccncc1)c1ccccc1. The van der Waals surface area contributed by atoms with Gasteiger partial charge in [0.25, 0.3) is 5.91 Å². The second-order valence-corrected chi connectivity index (χ2v) is 6.45. The van der Waals surface area contributed by atoms with Gasteiger partial charge in [0.2, 0.25) is 12.2 Å². The van der Waals surface area contributed by atoms with Crippen molar-refractivity contribution >= 4 is 29.5 Å². The summed E-state index contributed by atoms with van der Waals surface area (Å²) in [6, 6.07) is 18.2. The van der Waals surface area contributed by atoms with Gasteiger partial charge < -0.3 is 19.9 Å². The van der Waals surface area contributed by atoms with Gasteiger partial charge in [0.15, 0.2) is 0 Å². The van der Waals surface area contributed by atoms with Crippen molar-refractivity contribution in [3.8, 4) is 0 Å². The van der Waals surface area contributed by atoms with E-state index in [1.807, 2.05) is 0 Å². The number of pyridine rings is 1. The first-order valence-corrected chi connectivity index (χ1v) is 9.41. The lowest BCUT2D eigenvalue weighted by Crippen LogP contribution is -2.48. The summed E-state index contributed by atoms with van der Waals surface area (Å²) in [6.45, 7) is 0. The van der Waals surface area contributed by atoms with Crippen LogP contribution in [-0.4, -0.2) is 46.1 Å². The van der Waals surface area contributed by atoms with E-state index in [0.717, 1.165) is 0 Å². The van der Waals surface area contributed by atoms with Crippen LogP contribution in [-0.2, 0) is 19.1 Å². The van der Waals surface area contributed by atoms with E-state index in [4.69, 9.17) is 9.47 Å². The van der Waals surface area contributed by atoms with Crippen LogP contribution in [0.2, 0.25) is 0 Å². The number of carbonyl (C=O) groups excluding carboxylic acids is 3. The van der Waals surface area contributed by atoms with Gasteiger partial charge >= 0.3 is 17.9 Å². The topological polar surface area (TPSA) is 132 Å². The van der Waals surface area contributed by atoms with Crippen molar-refractivity contribution in [3.05, 3.63) is 96.3 Å². The van der Waals surface area contributed by atoms with Crippen LogP contribution in [0.4, 0.5) is 5.69 Å². The molecule has 3 rings (SSSR count). The molecular weight excluding hydrogens is 416 g/mol. The number of amides is 1. The number of ether oxygens (including phenoxy) is 2. The number of carboxylic acids is 1. The number of hydrogen-bond donors (Lipinski definition) is 2. The van der Waals surface area contributed by atoms with Crippen molar-refractivity contribution in [1.29, 1.82) is 0 Å². The van der Waals surface area contributed by atoms with Gasteiger partial charge in [-0.25, -0.2) is 14.4 Å². The van der Waals surface area contributed by atoms with Crippen molar-refractivity contribution in [2.45, 2.75) is 12.2 Å². The van der Waals surface area contributed by atoms with Gasteiger partial charge in [-0.15, -0.1) is 0 Å². The Morgan fingerprint density at radius 3 is 1.66 bits per heavy atom. The molecule has 1 aromatic heterocycles. The van der Waals surface area contributed by atoms with E-state index in [-0.39, 0.29) is 16.8 Å². The Bertz CT molecular complexity index is 1090. The zero-order valence-corrected chi connectivity index (χ0v) is 16.6. The van der Waals surface area contributed by atoms with E-state index in [1.165, 1.54) is 48.8 Å². The zero-order chi connectivity index (χ0) is 22.9. The second kappa shape index (κ2) is 10.5. The highest BCUT2D eigenvalue weighted by Crippen LogP contribution is 2.15. The first-order chi connectivity index (χ1) is 15.5. The van der Waals surface area contributed by atoms with Crippen LogP contribution >= 0.6 is 0 Å². The molecule has 2 atom stereocenters. The third kappa shape index (κ3) is 5.76. The molecule has 0 bridgehead atoms. The van der Waals surface area contributed by atoms with Gasteiger partial charge in [0.1, 0.15) is 0 Å².